The van der Waals surface area contributed by atoms with Crippen molar-refractivity contribution in [1.29, 1.82) is 0 Å². The topological polar surface area (TPSA) is 29.1 Å². The van der Waals surface area contributed by atoms with Gasteiger partial charge in [-0.15, -0.1) is 0 Å². The molecule has 2 radical (unpaired) electrons. The van der Waals surface area contributed by atoms with Crippen LogP contribution in [0.2, 0.25) is 5.82 Å². The van der Waals surface area contributed by atoms with Crippen molar-refractivity contribution in [1.82, 2.24) is 3.53 Å². The summed E-state index contributed by atoms with van der Waals surface area (Å²) in [4.78, 5) is 10.7. The number of carbonyl (C=O) groups excluding carboxylic acids is 1. The average Bonchev–Trinajstić information content (AvgIpc) is 1.84. The highest BCUT2D eigenvalue weighted by atomic mass is 127. The molecule has 4 heteroatoms. The van der Waals surface area contributed by atoms with Crippen molar-refractivity contribution in [3.05, 3.63) is 0 Å². The first-order chi connectivity index (χ1) is 4.09. The van der Waals surface area contributed by atoms with E-state index in [1.54, 1.807) is 22.9 Å². The van der Waals surface area contributed by atoms with Crippen molar-refractivity contribution in [2.24, 2.45) is 5.92 Å². The molecular formula is C5H9BINO. The van der Waals surface area contributed by atoms with Gasteiger partial charge in [0.1, 0.15) is 0 Å². The van der Waals surface area contributed by atoms with Crippen LogP contribution in [0.1, 0.15) is 13.8 Å². The van der Waals surface area contributed by atoms with Crippen molar-refractivity contribution in [3.8, 4) is 0 Å². The molecule has 0 aliphatic rings. The van der Waals surface area contributed by atoms with Crippen LogP contribution in [0.5, 0.6) is 0 Å². The third kappa shape index (κ3) is 3.08. The molecule has 9 heavy (non-hydrogen) atoms. The zero-order chi connectivity index (χ0) is 7.44. The SMILES string of the molecule is [B][C@H](C(=O)NI)C(C)C. The standard InChI is InChI=1S/C5H9BINO/c1-3(2)4(6)5(9)8-7/h3-4H,1-2H3,(H,8,9)/t4-/m0/s1. The van der Waals surface area contributed by atoms with Crippen molar-refractivity contribution < 1.29 is 4.79 Å². The summed E-state index contributed by atoms with van der Waals surface area (Å²) >= 11 is 1.78. The van der Waals surface area contributed by atoms with Crippen LogP contribution in [0.4, 0.5) is 0 Å². The van der Waals surface area contributed by atoms with Gasteiger partial charge in [0, 0.05) is 5.82 Å². The second kappa shape index (κ2) is 4.14. The summed E-state index contributed by atoms with van der Waals surface area (Å²) in [7, 11) is 5.45. The fraction of sp³-hybridized carbons (Fsp3) is 0.800. The molecule has 0 aliphatic heterocycles. The van der Waals surface area contributed by atoms with Crippen LogP contribution < -0.4 is 3.53 Å². The van der Waals surface area contributed by atoms with Crippen LogP contribution in [-0.2, 0) is 4.79 Å². The van der Waals surface area contributed by atoms with E-state index in [9.17, 15) is 4.79 Å². The van der Waals surface area contributed by atoms with E-state index in [1.807, 2.05) is 13.8 Å². The Morgan fingerprint density at radius 2 is 2.11 bits per heavy atom. The zero-order valence-corrected chi connectivity index (χ0v) is 7.68. The van der Waals surface area contributed by atoms with E-state index in [-0.39, 0.29) is 17.6 Å². The predicted octanol–water partition coefficient (Wildman–Crippen LogP) is 1.07. The summed E-state index contributed by atoms with van der Waals surface area (Å²) in [6, 6.07) is 0. The number of nitrogens with one attached hydrogen (secondary N) is 1. The van der Waals surface area contributed by atoms with Crippen molar-refractivity contribution >= 4 is 36.6 Å². The maximum atomic E-state index is 10.7. The number of halogens is 1. The molecule has 0 aromatic rings. The summed E-state index contributed by atoms with van der Waals surface area (Å²) in [6.45, 7) is 3.83. The lowest BCUT2D eigenvalue weighted by Crippen LogP contribution is -2.22. The minimum absolute atomic E-state index is 0.106. The van der Waals surface area contributed by atoms with Gasteiger partial charge >= 0.3 is 0 Å². The number of hydrogen-bond donors (Lipinski definition) is 1. The van der Waals surface area contributed by atoms with Gasteiger partial charge in [-0.3, -0.25) is 8.32 Å². The van der Waals surface area contributed by atoms with Gasteiger partial charge in [-0.05, 0) is 5.92 Å². The Hall–Kier alpha value is 0.265. The number of hydrogen-bond acceptors (Lipinski definition) is 1. The van der Waals surface area contributed by atoms with Gasteiger partial charge in [0.15, 0.2) is 0 Å². The maximum Gasteiger partial charge on any atom is 0.223 e. The molecule has 0 aromatic heterocycles. The van der Waals surface area contributed by atoms with E-state index in [4.69, 9.17) is 7.85 Å². The first-order valence-electron chi connectivity index (χ1n) is 2.75. The van der Waals surface area contributed by atoms with E-state index in [0.717, 1.165) is 0 Å². The van der Waals surface area contributed by atoms with Crippen molar-refractivity contribution in [3.63, 3.8) is 0 Å². The molecule has 0 heterocycles. The normalized spacial score (nSPS) is 13.3. The molecule has 0 saturated carbocycles. The molecule has 0 saturated heterocycles. The predicted molar refractivity (Wildman–Crippen MR) is 46.5 cm³/mol. The molecule has 50 valence electrons. The molecule has 0 spiro atoms. The van der Waals surface area contributed by atoms with E-state index >= 15 is 0 Å². The summed E-state index contributed by atoms with van der Waals surface area (Å²) < 4.78 is 2.45. The molecule has 2 nitrogen and oxygen atoms in total. The van der Waals surface area contributed by atoms with Crippen LogP contribution >= 0.6 is 22.9 Å². The summed E-state index contributed by atoms with van der Waals surface area (Å²) in [5.74, 6) is -0.271. The van der Waals surface area contributed by atoms with Crippen molar-refractivity contribution in [2.75, 3.05) is 0 Å². The molecule has 0 unspecified atom stereocenters. The number of carbonyl (C=O) groups is 1. The lowest BCUT2D eigenvalue weighted by Gasteiger charge is -2.11. The Morgan fingerprint density at radius 3 is 2.22 bits per heavy atom. The number of amides is 1. The van der Waals surface area contributed by atoms with E-state index < -0.39 is 0 Å². The second-order valence-electron chi connectivity index (χ2n) is 2.23. The third-order valence-corrected chi connectivity index (χ3v) is 1.65. The molecular weight excluding hydrogens is 228 g/mol. The van der Waals surface area contributed by atoms with Gasteiger partial charge in [0.05, 0.1) is 30.7 Å². The van der Waals surface area contributed by atoms with Crippen LogP contribution in [0, 0.1) is 5.92 Å². The van der Waals surface area contributed by atoms with Gasteiger partial charge in [0.2, 0.25) is 5.91 Å². The summed E-state index contributed by atoms with van der Waals surface area (Å²) in [5.41, 5.74) is 0. The van der Waals surface area contributed by atoms with Crippen molar-refractivity contribution in [2.45, 2.75) is 19.7 Å². The monoisotopic (exact) mass is 237 g/mol. The van der Waals surface area contributed by atoms with E-state index in [2.05, 4.69) is 3.53 Å². The largest absolute Gasteiger partial charge is 0.299 e. The fourth-order valence-corrected chi connectivity index (χ4v) is 0.725. The Kier molecular flexibility index (Phi) is 4.26. The lowest BCUT2D eigenvalue weighted by molar-refractivity contribution is -0.119. The Bertz CT molecular complexity index is 107. The first kappa shape index (κ1) is 9.26. The minimum Gasteiger partial charge on any atom is -0.299 e. The lowest BCUT2D eigenvalue weighted by atomic mass is 9.78. The second-order valence-corrected chi connectivity index (χ2v) is 2.77. The van der Waals surface area contributed by atoms with Crippen LogP contribution in [0.15, 0.2) is 0 Å². The van der Waals surface area contributed by atoms with Gasteiger partial charge < -0.3 is 0 Å². The molecule has 0 rings (SSSR count). The zero-order valence-electron chi connectivity index (χ0n) is 5.52. The molecule has 0 fully saturated rings. The highest BCUT2D eigenvalue weighted by Gasteiger charge is 2.13. The first-order valence-corrected chi connectivity index (χ1v) is 3.83. The summed E-state index contributed by atoms with van der Waals surface area (Å²) in [6.07, 6.45) is 0. The third-order valence-electron chi connectivity index (χ3n) is 1.11. The molecule has 0 aromatic carbocycles. The smallest absolute Gasteiger partial charge is 0.223 e. The van der Waals surface area contributed by atoms with Crippen LogP contribution in [0.25, 0.3) is 0 Å². The average molecular weight is 237 g/mol. The van der Waals surface area contributed by atoms with Gasteiger partial charge in [-0.2, -0.15) is 0 Å². The van der Waals surface area contributed by atoms with E-state index in [0.29, 0.717) is 0 Å². The highest BCUT2D eigenvalue weighted by Crippen LogP contribution is 2.12. The van der Waals surface area contributed by atoms with Crippen LogP contribution in [0.3, 0.4) is 0 Å². The Labute approximate surface area is 70.7 Å². The number of rotatable bonds is 2. The van der Waals surface area contributed by atoms with Gasteiger partial charge in [0.25, 0.3) is 0 Å². The van der Waals surface area contributed by atoms with Gasteiger partial charge in [-0.25, -0.2) is 0 Å². The molecule has 0 bridgehead atoms. The molecule has 0 aliphatic carbocycles. The molecule has 1 atom stereocenters. The maximum absolute atomic E-state index is 10.7. The summed E-state index contributed by atoms with van der Waals surface area (Å²) in [5, 5.41) is 0. The Balaban J connectivity index is 3.72. The minimum atomic E-state index is -0.373. The fourth-order valence-electron chi connectivity index (χ4n) is 0.366. The van der Waals surface area contributed by atoms with E-state index in [1.165, 1.54) is 0 Å². The molecule has 1 N–H and O–H groups in total. The Morgan fingerprint density at radius 1 is 1.67 bits per heavy atom. The molecule has 1 amide bonds. The highest BCUT2D eigenvalue weighted by molar-refractivity contribution is 14.1. The van der Waals surface area contributed by atoms with Crippen LogP contribution in [-0.4, -0.2) is 13.8 Å². The quantitative estimate of drug-likeness (QED) is 0.434. The van der Waals surface area contributed by atoms with Gasteiger partial charge in [-0.1, -0.05) is 13.8 Å².